The van der Waals surface area contributed by atoms with Crippen LogP contribution in [0.25, 0.3) is 11.1 Å². The molecule has 0 aliphatic rings. The molecule has 2 aromatic rings. The maximum atomic E-state index is 14.3. The number of nitrogens with one attached hydrogen (secondary N) is 1. The van der Waals surface area contributed by atoms with Crippen molar-refractivity contribution < 1.29 is 9.13 Å². The van der Waals surface area contributed by atoms with E-state index in [0.29, 0.717) is 22.9 Å². The first kappa shape index (κ1) is 15.8. The van der Waals surface area contributed by atoms with Gasteiger partial charge < -0.3 is 10.1 Å². The minimum absolute atomic E-state index is 0.243. The van der Waals surface area contributed by atoms with Crippen LogP contribution >= 0.6 is 11.6 Å². The van der Waals surface area contributed by atoms with Gasteiger partial charge in [0.1, 0.15) is 11.6 Å². The van der Waals surface area contributed by atoms with Gasteiger partial charge in [0.15, 0.2) is 0 Å². The summed E-state index contributed by atoms with van der Waals surface area (Å²) in [5.74, 6) is 0.341. The Morgan fingerprint density at radius 3 is 2.62 bits per heavy atom. The Balaban J connectivity index is 2.22. The predicted molar refractivity (Wildman–Crippen MR) is 85.4 cm³/mol. The molecule has 4 heteroatoms. The Labute approximate surface area is 129 Å². The third kappa shape index (κ3) is 3.96. The van der Waals surface area contributed by atoms with Gasteiger partial charge in [-0.3, -0.25) is 0 Å². The summed E-state index contributed by atoms with van der Waals surface area (Å²) >= 11 is 6.09. The Bertz CT molecular complexity index is 616. The predicted octanol–water partition coefficient (Wildman–Crippen LogP) is 4.65. The molecule has 0 radical (unpaired) electrons. The molecule has 0 aromatic heterocycles. The third-order valence-corrected chi connectivity index (χ3v) is 3.55. The van der Waals surface area contributed by atoms with Crippen LogP contribution in [0, 0.1) is 5.82 Å². The number of methoxy groups -OCH3 is 1. The highest BCUT2D eigenvalue weighted by atomic mass is 35.5. The Morgan fingerprint density at radius 2 is 2.00 bits per heavy atom. The quantitative estimate of drug-likeness (QED) is 0.784. The monoisotopic (exact) mass is 307 g/mol. The van der Waals surface area contributed by atoms with Crippen molar-refractivity contribution in [2.75, 3.05) is 13.7 Å². The van der Waals surface area contributed by atoms with Crippen molar-refractivity contribution in [3.63, 3.8) is 0 Å². The fourth-order valence-electron chi connectivity index (χ4n) is 2.15. The molecule has 0 saturated carbocycles. The minimum Gasteiger partial charge on any atom is -0.495 e. The van der Waals surface area contributed by atoms with Gasteiger partial charge in [0.2, 0.25) is 0 Å². The highest BCUT2D eigenvalue weighted by Gasteiger charge is 2.09. The summed E-state index contributed by atoms with van der Waals surface area (Å²) in [7, 11) is 1.56. The van der Waals surface area contributed by atoms with Gasteiger partial charge in [0.25, 0.3) is 0 Å². The first-order chi connectivity index (χ1) is 10.2. The average molecular weight is 308 g/mol. The SMILES string of the molecule is CCCNCc1ccc(-c2ccc(OC)c(Cl)c2)c(F)c1. The molecule has 2 nitrogen and oxygen atoms in total. The second-order valence-corrected chi connectivity index (χ2v) is 5.25. The van der Waals surface area contributed by atoms with Crippen LogP contribution in [0.1, 0.15) is 18.9 Å². The van der Waals surface area contributed by atoms with E-state index in [9.17, 15) is 4.39 Å². The Hall–Kier alpha value is -1.58. The van der Waals surface area contributed by atoms with E-state index in [2.05, 4.69) is 12.2 Å². The van der Waals surface area contributed by atoms with Gasteiger partial charge in [-0.15, -0.1) is 0 Å². The van der Waals surface area contributed by atoms with E-state index in [4.69, 9.17) is 16.3 Å². The molecule has 0 fully saturated rings. The van der Waals surface area contributed by atoms with Crippen molar-refractivity contribution >= 4 is 11.6 Å². The first-order valence-electron chi connectivity index (χ1n) is 6.98. The van der Waals surface area contributed by atoms with E-state index >= 15 is 0 Å². The molecule has 0 atom stereocenters. The van der Waals surface area contributed by atoms with Gasteiger partial charge in [-0.2, -0.15) is 0 Å². The van der Waals surface area contributed by atoms with E-state index in [1.54, 1.807) is 37.4 Å². The fourth-order valence-corrected chi connectivity index (χ4v) is 2.40. The Kier molecular flexibility index (Phi) is 5.59. The van der Waals surface area contributed by atoms with Crippen LogP contribution in [-0.4, -0.2) is 13.7 Å². The zero-order valence-electron chi connectivity index (χ0n) is 12.2. The van der Waals surface area contributed by atoms with Crippen LogP contribution in [0.2, 0.25) is 5.02 Å². The van der Waals surface area contributed by atoms with E-state index in [1.807, 2.05) is 6.07 Å². The van der Waals surface area contributed by atoms with E-state index in [-0.39, 0.29) is 5.82 Å². The van der Waals surface area contributed by atoms with Crippen molar-refractivity contribution in [1.29, 1.82) is 0 Å². The topological polar surface area (TPSA) is 21.3 Å². The number of ether oxygens (including phenoxy) is 1. The van der Waals surface area contributed by atoms with Crippen molar-refractivity contribution in [2.45, 2.75) is 19.9 Å². The lowest BCUT2D eigenvalue weighted by atomic mass is 10.0. The molecular weight excluding hydrogens is 289 g/mol. The molecule has 21 heavy (non-hydrogen) atoms. The van der Waals surface area contributed by atoms with Gasteiger partial charge in [-0.25, -0.2) is 4.39 Å². The number of hydrogen-bond donors (Lipinski definition) is 1. The largest absolute Gasteiger partial charge is 0.495 e. The van der Waals surface area contributed by atoms with Crippen LogP contribution < -0.4 is 10.1 Å². The molecule has 112 valence electrons. The van der Waals surface area contributed by atoms with Crippen LogP contribution in [-0.2, 0) is 6.54 Å². The fraction of sp³-hybridized carbons (Fsp3) is 0.294. The van der Waals surface area contributed by atoms with Gasteiger partial charge in [0.05, 0.1) is 12.1 Å². The summed E-state index contributed by atoms with van der Waals surface area (Å²) in [6.07, 6.45) is 1.06. The molecule has 0 aliphatic carbocycles. The lowest BCUT2D eigenvalue weighted by molar-refractivity contribution is 0.415. The van der Waals surface area contributed by atoms with E-state index < -0.39 is 0 Å². The summed E-state index contributed by atoms with van der Waals surface area (Å²) < 4.78 is 19.4. The molecule has 0 unspecified atom stereocenters. The van der Waals surface area contributed by atoms with E-state index in [0.717, 1.165) is 24.1 Å². The second kappa shape index (κ2) is 7.43. The molecule has 0 spiro atoms. The van der Waals surface area contributed by atoms with Crippen LogP contribution in [0.5, 0.6) is 5.75 Å². The zero-order chi connectivity index (χ0) is 15.2. The first-order valence-corrected chi connectivity index (χ1v) is 7.36. The highest BCUT2D eigenvalue weighted by molar-refractivity contribution is 6.32. The molecule has 0 aliphatic heterocycles. The molecular formula is C17H19ClFNO. The van der Waals surface area contributed by atoms with Crippen molar-refractivity contribution in [3.8, 4) is 16.9 Å². The van der Waals surface area contributed by atoms with Crippen molar-refractivity contribution in [1.82, 2.24) is 5.32 Å². The van der Waals surface area contributed by atoms with Gasteiger partial charge in [-0.1, -0.05) is 36.7 Å². The molecule has 2 aromatic carbocycles. The number of rotatable bonds is 6. The van der Waals surface area contributed by atoms with E-state index in [1.165, 1.54) is 0 Å². The summed E-state index contributed by atoms with van der Waals surface area (Å²) in [5, 5.41) is 3.73. The van der Waals surface area contributed by atoms with Gasteiger partial charge in [0, 0.05) is 12.1 Å². The van der Waals surface area contributed by atoms with Crippen LogP contribution in [0.4, 0.5) is 4.39 Å². The molecule has 0 amide bonds. The van der Waals surface area contributed by atoms with Crippen LogP contribution in [0.15, 0.2) is 36.4 Å². The third-order valence-electron chi connectivity index (χ3n) is 3.25. The molecule has 2 rings (SSSR count). The molecule has 0 saturated heterocycles. The maximum Gasteiger partial charge on any atom is 0.137 e. The zero-order valence-corrected chi connectivity index (χ0v) is 13.0. The minimum atomic E-state index is -0.243. The summed E-state index contributed by atoms with van der Waals surface area (Å²) in [4.78, 5) is 0. The molecule has 1 N–H and O–H groups in total. The summed E-state index contributed by atoms with van der Waals surface area (Å²) in [6.45, 7) is 3.70. The second-order valence-electron chi connectivity index (χ2n) is 4.84. The maximum absolute atomic E-state index is 14.3. The van der Waals surface area contributed by atoms with Crippen molar-refractivity contribution in [2.24, 2.45) is 0 Å². The summed E-state index contributed by atoms with van der Waals surface area (Å²) in [6, 6.07) is 10.5. The smallest absolute Gasteiger partial charge is 0.137 e. The van der Waals surface area contributed by atoms with Crippen molar-refractivity contribution in [3.05, 3.63) is 52.8 Å². The normalized spacial score (nSPS) is 10.7. The molecule has 0 bridgehead atoms. The molecule has 0 heterocycles. The number of benzene rings is 2. The highest BCUT2D eigenvalue weighted by Crippen LogP contribution is 2.31. The lowest BCUT2D eigenvalue weighted by Crippen LogP contribution is -2.13. The number of halogens is 2. The van der Waals surface area contributed by atoms with Crippen LogP contribution in [0.3, 0.4) is 0 Å². The average Bonchev–Trinajstić information content (AvgIpc) is 2.47. The lowest BCUT2D eigenvalue weighted by Gasteiger charge is -2.09. The number of hydrogen-bond acceptors (Lipinski definition) is 2. The van der Waals surface area contributed by atoms with Gasteiger partial charge in [-0.05, 0) is 42.3 Å². The standard InChI is InChI=1S/C17H19ClFNO/c1-3-8-20-11-12-4-6-14(16(19)9-12)13-5-7-17(21-2)15(18)10-13/h4-7,9-10,20H,3,8,11H2,1-2H3. The summed E-state index contributed by atoms with van der Waals surface area (Å²) in [5.41, 5.74) is 2.22. The van der Waals surface area contributed by atoms with Gasteiger partial charge >= 0.3 is 0 Å². The Morgan fingerprint density at radius 1 is 1.19 bits per heavy atom.